The molecule has 0 heterocycles. The van der Waals surface area contributed by atoms with Gasteiger partial charge in [0, 0.05) is 19.3 Å². The Kier molecular flexibility index (Phi) is 5.21. The summed E-state index contributed by atoms with van der Waals surface area (Å²) in [6.07, 6.45) is -3.05. The van der Waals surface area contributed by atoms with Crippen molar-refractivity contribution < 1.29 is 21.6 Å². The molecule has 0 saturated carbocycles. The van der Waals surface area contributed by atoms with Crippen LogP contribution < -0.4 is 0 Å². The zero-order valence-electron chi connectivity index (χ0n) is 11.2. The Morgan fingerprint density at radius 3 is 2.00 bits per heavy atom. The fourth-order valence-electron chi connectivity index (χ4n) is 1.51. The molecule has 1 rings (SSSR count). The van der Waals surface area contributed by atoms with Gasteiger partial charge in [0.1, 0.15) is 0 Å². The van der Waals surface area contributed by atoms with E-state index >= 15 is 0 Å². The third-order valence-corrected chi connectivity index (χ3v) is 4.18. The molecule has 7 heteroatoms. The minimum atomic E-state index is -4.47. The van der Waals surface area contributed by atoms with E-state index < -0.39 is 21.6 Å². The minimum absolute atomic E-state index is 0.158. The molecule has 0 spiro atoms. The van der Waals surface area contributed by atoms with E-state index in [0.717, 1.165) is 29.7 Å². The quantitative estimate of drug-likeness (QED) is 0.837. The maximum absolute atomic E-state index is 12.4. The van der Waals surface area contributed by atoms with Crippen molar-refractivity contribution in [1.29, 1.82) is 0 Å². The molecule has 0 aliphatic heterocycles. The lowest BCUT2D eigenvalue weighted by Gasteiger charge is -2.14. The van der Waals surface area contributed by atoms with Gasteiger partial charge >= 0.3 is 6.18 Å². The van der Waals surface area contributed by atoms with E-state index in [2.05, 4.69) is 0 Å². The van der Waals surface area contributed by atoms with Gasteiger partial charge in [0.05, 0.1) is 15.9 Å². The molecule has 0 atom stereocenters. The monoisotopic (exact) mass is 307 g/mol. The summed E-state index contributed by atoms with van der Waals surface area (Å²) in [6, 6.07) is 3.45. The van der Waals surface area contributed by atoms with Gasteiger partial charge in [-0.3, -0.25) is 0 Å². The summed E-state index contributed by atoms with van der Waals surface area (Å²) < 4.78 is 61.0. The summed E-state index contributed by atoms with van der Waals surface area (Å²) in [5.74, 6) is 0. The van der Waals surface area contributed by atoms with Gasteiger partial charge in [0.25, 0.3) is 0 Å². The van der Waals surface area contributed by atoms with Crippen LogP contribution in [0.15, 0.2) is 40.8 Å². The van der Waals surface area contributed by atoms with E-state index in [1.54, 1.807) is 4.90 Å². The minimum Gasteiger partial charge on any atom is -0.377 e. The molecule has 0 unspecified atom stereocenters. The van der Waals surface area contributed by atoms with Gasteiger partial charge in [-0.15, -0.1) is 0 Å². The first-order valence-corrected chi connectivity index (χ1v) is 7.60. The molecule has 0 saturated heterocycles. The molecule has 0 aliphatic carbocycles. The van der Waals surface area contributed by atoms with Crippen LogP contribution in [0.25, 0.3) is 0 Å². The van der Waals surface area contributed by atoms with Crippen LogP contribution in [-0.4, -0.2) is 26.4 Å². The van der Waals surface area contributed by atoms with Gasteiger partial charge in [-0.05, 0) is 38.1 Å². The molecule has 1 aromatic rings. The molecule has 0 bridgehead atoms. The van der Waals surface area contributed by atoms with Crippen molar-refractivity contribution in [3.05, 3.63) is 41.4 Å². The highest BCUT2D eigenvalue weighted by Crippen LogP contribution is 2.29. The first-order chi connectivity index (χ1) is 9.20. The Bertz CT molecular complexity index is 558. The molecule has 0 aromatic heterocycles. The average Bonchev–Trinajstić information content (AvgIpc) is 2.39. The van der Waals surface area contributed by atoms with Gasteiger partial charge in [0.15, 0.2) is 0 Å². The van der Waals surface area contributed by atoms with Crippen LogP contribution in [0.2, 0.25) is 0 Å². The molecule has 112 valence electrons. The second kappa shape index (κ2) is 6.30. The molecule has 0 N–H and O–H groups in total. The van der Waals surface area contributed by atoms with Crippen LogP contribution in [0.1, 0.15) is 19.4 Å². The topological polar surface area (TPSA) is 37.4 Å². The highest BCUT2D eigenvalue weighted by molar-refractivity contribution is 7.94. The highest BCUT2D eigenvalue weighted by atomic mass is 32.2. The summed E-state index contributed by atoms with van der Waals surface area (Å²) in [5, 5.41) is 1.00. The number of hydrogen-bond donors (Lipinski definition) is 0. The predicted octanol–water partition coefficient (Wildman–Crippen LogP) is 3.29. The predicted molar refractivity (Wildman–Crippen MR) is 70.7 cm³/mol. The van der Waals surface area contributed by atoms with Crippen LogP contribution in [-0.2, 0) is 16.0 Å². The van der Waals surface area contributed by atoms with E-state index in [4.69, 9.17) is 0 Å². The van der Waals surface area contributed by atoms with E-state index in [-0.39, 0.29) is 4.90 Å². The van der Waals surface area contributed by atoms with Gasteiger partial charge in [-0.25, -0.2) is 8.42 Å². The Balaban J connectivity index is 2.99. The van der Waals surface area contributed by atoms with Crippen molar-refractivity contribution in [1.82, 2.24) is 4.90 Å². The van der Waals surface area contributed by atoms with Crippen LogP contribution in [0.4, 0.5) is 13.2 Å². The summed E-state index contributed by atoms with van der Waals surface area (Å²) in [4.78, 5) is 1.61. The molecule has 3 nitrogen and oxygen atoms in total. The number of benzene rings is 1. The smallest absolute Gasteiger partial charge is 0.377 e. The molecule has 20 heavy (non-hydrogen) atoms. The number of sulfone groups is 1. The average molecular weight is 307 g/mol. The van der Waals surface area contributed by atoms with Crippen molar-refractivity contribution in [2.45, 2.75) is 24.9 Å². The summed E-state index contributed by atoms with van der Waals surface area (Å²) in [6.45, 7) is 5.04. The van der Waals surface area contributed by atoms with Gasteiger partial charge < -0.3 is 4.90 Å². The first kappa shape index (κ1) is 16.6. The van der Waals surface area contributed by atoms with Crippen molar-refractivity contribution >= 4 is 9.84 Å². The third kappa shape index (κ3) is 4.26. The SMILES string of the molecule is CCN(/C=C/S(=O)(=O)c1ccc(C(F)(F)F)cc1)CC. The zero-order valence-corrected chi connectivity index (χ0v) is 12.0. The number of alkyl halides is 3. The number of rotatable bonds is 5. The lowest BCUT2D eigenvalue weighted by Crippen LogP contribution is -2.16. The Morgan fingerprint density at radius 1 is 1.10 bits per heavy atom. The molecule has 0 amide bonds. The van der Waals surface area contributed by atoms with Crippen molar-refractivity contribution in [2.24, 2.45) is 0 Å². The molecular formula is C13H16F3NO2S. The molecule has 1 aromatic carbocycles. The van der Waals surface area contributed by atoms with Crippen molar-refractivity contribution in [3.63, 3.8) is 0 Å². The fourth-order valence-corrected chi connectivity index (χ4v) is 2.52. The van der Waals surface area contributed by atoms with Gasteiger partial charge in [-0.1, -0.05) is 0 Å². The van der Waals surface area contributed by atoms with Crippen molar-refractivity contribution in [3.8, 4) is 0 Å². The molecule has 0 radical (unpaired) electrons. The van der Waals surface area contributed by atoms with Gasteiger partial charge in [0.2, 0.25) is 9.84 Å². The van der Waals surface area contributed by atoms with Crippen LogP contribution in [0, 0.1) is 0 Å². The summed E-state index contributed by atoms with van der Waals surface area (Å²) in [5.41, 5.74) is -0.871. The lowest BCUT2D eigenvalue weighted by atomic mass is 10.2. The van der Waals surface area contributed by atoms with E-state index in [1.807, 2.05) is 13.8 Å². The second-order valence-corrected chi connectivity index (χ2v) is 5.91. The van der Waals surface area contributed by atoms with E-state index in [0.29, 0.717) is 13.1 Å². The molecule has 0 fully saturated rings. The summed E-state index contributed by atoms with van der Waals surface area (Å²) in [7, 11) is -3.73. The van der Waals surface area contributed by atoms with E-state index in [1.165, 1.54) is 6.20 Å². The standard InChI is InChI=1S/C13H16F3NO2S/c1-3-17(4-2)9-10-20(18,19)12-7-5-11(6-8-12)13(14,15)16/h5-10H,3-4H2,1-2H3/b10-9+. The Labute approximate surface area is 116 Å². The van der Waals surface area contributed by atoms with Gasteiger partial charge in [-0.2, -0.15) is 13.2 Å². The Morgan fingerprint density at radius 2 is 1.60 bits per heavy atom. The normalized spacial score (nSPS) is 12.8. The highest BCUT2D eigenvalue weighted by Gasteiger charge is 2.30. The molecule has 0 aliphatic rings. The first-order valence-electron chi connectivity index (χ1n) is 6.05. The maximum atomic E-state index is 12.4. The van der Waals surface area contributed by atoms with Crippen molar-refractivity contribution in [2.75, 3.05) is 13.1 Å². The van der Waals surface area contributed by atoms with E-state index in [9.17, 15) is 21.6 Å². The maximum Gasteiger partial charge on any atom is 0.416 e. The largest absolute Gasteiger partial charge is 0.416 e. The Hall–Kier alpha value is -1.50. The summed E-state index contributed by atoms with van der Waals surface area (Å²) >= 11 is 0. The lowest BCUT2D eigenvalue weighted by molar-refractivity contribution is -0.137. The van der Waals surface area contributed by atoms with Crippen LogP contribution in [0.3, 0.4) is 0 Å². The third-order valence-electron chi connectivity index (χ3n) is 2.77. The molecular weight excluding hydrogens is 291 g/mol. The second-order valence-electron chi connectivity index (χ2n) is 4.07. The van der Waals surface area contributed by atoms with Crippen LogP contribution >= 0.6 is 0 Å². The number of halogens is 3. The number of nitrogens with zero attached hydrogens (tertiary/aromatic N) is 1. The van der Waals surface area contributed by atoms with Crippen LogP contribution in [0.5, 0.6) is 0 Å². The number of hydrogen-bond acceptors (Lipinski definition) is 3. The zero-order chi connectivity index (χ0) is 15.4. The fraction of sp³-hybridized carbons (Fsp3) is 0.385.